The molecule has 0 saturated heterocycles. The van der Waals surface area contributed by atoms with E-state index in [-0.39, 0.29) is 12.2 Å². The minimum absolute atomic E-state index is 0.171. The Bertz CT molecular complexity index is 1570. The van der Waals surface area contributed by atoms with Crippen LogP contribution in [0.4, 0.5) is 0 Å². The predicted octanol–water partition coefficient (Wildman–Crippen LogP) is 4.72. The SMILES string of the molecule is CCOC(=O)C1=C(c2ccccc2)N=c2s/c(=C\c3cccs3)c(=O)n2[C@@H]1c1ccc(SC)cc1. The van der Waals surface area contributed by atoms with E-state index in [0.29, 0.717) is 20.6 Å². The second kappa shape index (κ2) is 10.2. The Balaban J connectivity index is 1.83. The number of fused-ring (bicyclic) bond motifs is 1. The maximum absolute atomic E-state index is 13.7. The van der Waals surface area contributed by atoms with Gasteiger partial charge in [-0.3, -0.25) is 9.36 Å². The number of ether oxygens (including phenoxy) is 1. The number of rotatable bonds is 6. The molecule has 3 heterocycles. The number of nitrogens with zero attached hydrogens (tertiary/aromatic N) is 2. The van der Waals surface area contributed by atoms with Crippen LogP contribution in [-0.2, 0) is 9.53 Å². The topological polar surface area (TPSA) is 60.7 Å². The second-order valence-corrected chi connectivity index (χ2v) is 10.6. The number of hydrogen-bond donors (Lipinski definition) is 0. The molecule has 1 atom stereocenters. The molecule has 0 bridgehead atoms. The maximum atomic E-state index is 13.7. The third kappa shape index (κ3) is 4.57. The minimum Gasteiger partial charge on any atom is -0.463 e. The number of esters is 1. The van der Waals surface area contributed by atoms with Gasteiger partial charge in [0.1, 0.15) is 0 Å². The monoisotopic (exact) mass is 518 g/mol. The molecule has 8 heteroatoms. The van der Waals surface area contributed by atoms with Crippen molar-refractivity contribution in [2.45, 2.75) is 17.9 Å². The van der Waals surface area contributed by atoms with Gasteiger partial charge in [0.15, 0.2) is 4.80 Å². The van der Waals surface area contributed by atoms with Crippen LogP contribution in [0.1, 0.15) is 29.0 Å². The molecule has 35 heavy (non-hydrogen) atoms. The molecule has 0 aliphatic carbocycles. The summed E-state index contributed by atoms with van der Waals surface area (Å²) in [5, 5.41) is 1.98. The fourth-order valence-electron chi connectivity index (χ4n) is 4.04. The van der Waals surface area contributed by atoms with Crippen LogP contribution in [0, 0.1) is 0 Å². The molecule has 0 saturated carbocycles. The van der Waals surface area contributed by atoms with Gasteiger partial charge in [0, 0.05) is 15.3 Å². The molecule has 2 aromatic heterocycles. The van der Waals surface area contributed by atoms with Crippen LogP contribution < -0.4 is 14.9 Å². The lowest BCUT2D eigenvalue weighted by Gasteiger charge is -2.26. The molecule has 2 aromatic carbocycles. The van der Waals surface area contributed by atoms with Crippen LogP contribution in [0.15, 0.2) is 92.4 Å². The normalized spacial score (nSPS) is 15.6. The van der Waals surface area contributed by atoms with Crippen molar-refractivity contribution < 1.29 is 9.53 Å². The van der Waals surface area contributed by atoms with E-state index >= 15 is 0 Å². The van der Waals surface area contributed by atoms with Gasteiger partial charge < -0.3 is 4.74 Å². The average molecular weight is 519 g/mol. The van der Waals surface area contributed by atoms with Gasteiger partial charge in [-0.1, -0.05) is 59.9 Å². The fraction of sp³-hybridized carbons (Fsp3) is 0.148. The Hall–Kier alpha value is -3.20. The van der Waals surface area contributed by atoms with E-state index in [1.165, 1.54) is 11.3 Å². The van der Waals surface area contributed by atoms with E-state index < -0.39 is 12.0 Å². The number of thioether (sulfide) groups is 1. The molecule has 0 N–H and O–H groups in total. The summed E-state index contributed by atoms with van der Waals surface area (Å²) in [6.45, 7) is 2.00. The zero-order valence-corrected chi connectivity index (χ0v) is 21.6. The summed E-state index contributed by atoms with van der Waals surface area (Å²) in [6.07, 6.45) is 3.90. The number of carbonyl (C=O) groups excluding carboxylic acids is 1. The van der Waals surface area contributed by atoms with Gasteiger partial charge in [0.25, 0.3) is 5.56 Å². The molecule has 1 aliphatic rings. The van der Waals surface area contributed by atoms with Crippen LogP contribution in [0.2, 0.25) is 0 Å². The highest BCUT2D eigenvalue weighted by Crippen LogP contribution is 2.35. The van der Waals surface area contributed by atoms with Gasteiger partial charge >= 0.3 is 5.97 Å². The molecule has 4 aromatic rings. The largest absolute Gasteiger partial charge is 0.463 e. The first kappa shape index (κ1) is 23.5. The second-order valence-electron chi connectivity index (χ2n) is 7.72. The number of benzene rings is 2. The Morgan fingerprint density at radius 3 is 2.54 bits per heavy atom. The quantitative estimate of drug-likeness (QED) is 0.274. The van der Waals surface area contributed by atoms with Crippen molar-refractivity contribution in [3.63, 3.8) is 0 Å². The van der Waals surface area contributed by atoms with Gasteiger partial charge in [-0.05, 0) is 48.4 Å². The molecule has 5 rings (SSSR count). The minimum atomic E-state index is -0.651. The Morgan fingerprint density at radius 1 is 1.11 bits per heavy atom. The number of aromatic nitrogens is 1. The van der Waals surface area contributed by atoms with Crippen molar-refractivity contribution in [3.05, 3.63) is 113 Å². The number of carbonyl (C=O) groups is 1. The smallest absolute Gasteiger partial charge is 0.338 e. The van der Waals surface area contributed by atoms with Crippen LogP contribution >= 0.6 is 34.4 Å². The third-order valence-corrected chi connectivity index (χ3v) is 8.17. The number of thiophene rings is 1. The van der Waals surface area contributed by atoms with Crippen molar-refractivity contribution in [2.75, 3.05) is 12.9 Å². The van der Waals surface area contributed by atoms with Crippen molar-refractivity contribution >= 4 is 52.2 Å². The molecule has 0 fully saturated rings. The Labute approximate surface area is 214 Å². The summed E-state index contributed by atoms with van der Waals surface area (Å²) in [5.41, 5.74) is 2.36. The lowest BCUT2D eigenvalue weighted by Crippen LogP contribution is -2.39. The van der Waals surface area contributed by atoms with Crippen molar-refractivity contribution in [1.29, 1.82) is 0 Å². The standard InChI is InChI=1S/C27H22N2O3S3/c1-3-32-26(31)22-23(17-8-5-4-6-9-17)28-27-29(24(22)18-11-13-19(33-2)14-12-18)25(30)21(35-27)16-20-10-7-15-34-20/h4-16,24H,3H2,1-2H3/b21-16-/t24-/m1/s1. The molecular weight excluding hydrogens is 497 g/mol. The third-order valence-electron chi connectivity index (χ3n) is 5.62. The van der Waals surface area contributed by atoms with Gasteiger partial charge in [-0.2, -0.15) is 0 Å². The van der Waals surface area contributed by atoms with Crippen LogP contribution in [0.5, 0.6) is 0 Å². The summed E-state index contributed by atoms with van der Waals surface area (Å²) in [4.78, 5) is 34.6. The molecular formula is C27H22N2O3S3. The fourth-order valence-corrected chi connectivity index (χ4v) is 6.18. The first-order valence-corrected chi connectivity index (χ1v) is 14.0. The molecule has 0 spiro atoms. The van der Waals surface area contributed by atoms with E-state index in [1.54, 1.807) is 34.6 Å². The first-order chi connectivity index (χ1) is 17.1. The molecule has 1 aliphatic heterocycles. The maximum Gasteiger partial charge on any atom is 0.338 e. The van der Waals surface area contributed by atoms with Gasteiger partial charge in [-0.15, -0.1) is 23.1 Å². The van der Waals surface area contributed by atoms with E-state index in [2.05, 4.69) is 0 Å². The van der Waals surface area contributed by atoms with Crippen LogP contribution in [0.25, 0.3) is 11.8 Å². The van der Waals surface area contributed by atoms with Gasteiger partial charge in [-0.25, -0.2) is 9.79 Å². The zero-order valence-electron chi connectivity index (χ0n) is 19.1. The van der Waals surface area contributed by atoms with Gasteiger partial charge in [0.2, 0.25) is 0 Å². The molecule has 5 nitrogen and oxygen atoms in total. The number of thiazole rings is 1. The number of hydrogen-bond acceptors (Lipinski definition) is 7. The summed E-state index contributed by atoms with van der Waals surface area (Å²) >= 11 is 4.54. The molecule has 176 valence electrons. The lowest BCUT2D eigenvalue weighted by molar-refractivity contribution is -0.138. The first-order valence-electron chi connectivity index (χ1n) is 11.1. The Kier molecular flexibility index (Phi) is 6.86. The van der Waals surface area contributed by atoms with Crippen molar-refractivity contribution in [3.8, 4) is 0 Å². The van der Waals surface area contributed by atoms with E-state index in [1.807, 2.05) is 84.4 Å². The van der Waals surface area contributed by atoms with E-state index in [4.69, 9.17) is 9.73 Å². The summed E-state index contributed by atoms with van der Waals surface area (Å²) in [6, 6.07) is 20.8. The zero-order chi connectivity index (χ0) is 24.4. The summed E-state index contributed by atoms with van der Waals surface area (Å²) in [5.74, 6) is -0.471. The molecule has 0 unspecified atom stereocenters. The highest BCUT2D eigenvalue weighted by molar-refractivity contribution is 7.98. The van der Waals surface area contributed by atoms with Gasteiger partial charge in [0.05, 0.1) is 28.5 Å². The highest BCUT2D eigenvalue weighted by Gasteiger charge is 2.35. The van der Waals surface area contributed by atoms with Crippen molar-refractivity contribution in [2.24, 2.45) is 4.99 Å². The van der Waals surface area contributed by atoms with Crippen LogP contribution in [0.3, 0.4) is 0 Å². The van der Waals surface area contributed by atoms with E-state index in [9.17, 15) is 9.59 Å². The molecule has 0 radical (unpaired) electrons. The average Bonchev–Trinajstić information content (AvgIpc) is 3.51. The Morgan fingerprint density at radius 2 is 1.89 bits per heavy atom. The lowest BCUT2D eigenvalue weighted by atomic mass is 9.93. The summed E-state index contributed by atoms with van der Waals surface area (Å²) in [7, 11) is 0. The highest BCUT2D eigenvalue weighted by atomic mass is 32.2. The van der Waals surface area contributed by atoms with Crippen LogP contribution in [-0.4, -0.2) is 23.4 Å². The summed E-state index contributed by atoms with van der Waals surface area (Å²) < 4.78 is 7.71. The predicted molar refractivity (Wildman–Crippen MR) is 144 cm³/mol. The van der Waals surface area contributed by atoms with Crippen molar-refractivity contribution in [1.82, 2.24) is 4.57 Å². The van der Waals surface area contributed by atoms with E-state index in [0.717, 1.165) is 20.9 Å². The molecule has 0 amide bonds.